The summed E-state index contributed by atoms with van der Waals surface area (Å²) in [5.41, 5.74) is 0. The van der Waals surface area contributed by atoms with Crippen molar-refractivity contribution in [3.05, 3.63) is 21.6 Å². The number of sulfonamides is 1. The fourth-order valence-electron chi connectivity index (χ4n) is 1.97. The van der Waals surface area contributed by atoms with Gasteiger partial charge in [-0.2, -0.15) is 0 Å². The summed E-state index contributed by atoms with van der Waals surface area (Å²) < 4.78 is 33.0. The van der Waals surface area contributed by atoms with Crippen molar-refractivity contribution in [3.63, 3.8) is 0 Å². The van der Waals surface area contributed by atoms with Gasteiger partial charge < -0.3 is 10.1 Å². The van der Waals surface area contributed by atoms with Crippen LogP contribution in [-0.4, -0.2) is 34.7 Å². The molecular weight excluding hydrogens is 356 g/mol. The van der Waals surface area contributed by atoms with Crippen LogP contribution in [0.1, 0.15) is 6.42 Å². The number of ether oxygens (including phenoxy) is 1. The van der Waals surface area contributed by atoms with Gasteiger partial charge in [0.25, 0.3) is 0 Å². The number of halogens is 2. The molecule has 1 aromatic rings. The molecule has 8 heteroatoms. The predicted molar refractivity (Wildman–Crippen MR) is 77.3 cm³/mol. The first-order chi connectivity index (χ1) is 8.94. The number of methoxy groups -OCH3 is 1. The molecule has 1 saturated heterocycles. The summed E-state index contributed by atoms with van der Waals surface area (Å²) in [7, 11) is -2.24. The molecule has 2 rings (SSSR count). The third-order valence-electron chi connectivity index (χ3n) is 2.85. The second kappa shape index (κ2) is 5.97. The van der Waals surface area contributed by atoms with Crippen molar-refractivity contribution >= 4 is 37.6 Å². The Kier molecular flexibility index (Phi) is 4.73. The summed E-state index contributed by atoms with van der Waals surface area (Å²) in [6.45, 7) is 1.44. The molecule has 0 saturated carbocycles. The van der Waals surface area contributed by atoms with Gasteiger partial charge in [0, 0.05) is 17.6 Å². The first kappa shape index (κ1) is 15.1. The predicted octanol–water partition coefficient (Wildman–Crippen LogP) is 1.75. The normalized spacial score (nSPS) is 19.6. The van der Waals surface area contributed by atoms with Crippen molar-refractivity contribution in [1.82, 2.24) is 10.0 Å². The fourth-order valence-corrected chi connectivity index (χ4v) is 4.63. The molecule has 1 heterocycles. The van der Waals surface area contributed by atoms with E-state index in [0.717, 1.165) is 13.0 Å². The lowest BCUT2D eigenvalue weighted by molar-refractivity contribution is 0.399. The lowest BCUT2D eigenvalue weighted by Crippen LogP contribution is -2.36. The standard InChI is InChI=1S/C11H14BrClN2O3S/c1-18-11-9(12)4-7(13)5-10(11)19(16,17)15-8-2-3-14-6-8/h4-5,8,14-15H,2-3,6H2,1H3/t8-/m1/s1. The molecule has 0 aromatic heterocycles. The molecule has 1 fully saturated rings. The lowest BCUT2D eigenvalue weighted by atomic mass is 10.3. The van der Waals surface area contributed by atoms with Gasteiger partial charge in [-0.1, -0.05) is 11.6 Å². The Morgan fingerprint density at radius 1 is 1.53 bits per heavy atom. The summed E-state index contributed by atoms with van der Waals surface area (Å²) in [4.78, 5) is 0.0428. The third-order valence-corrected chi connectivity index (χ3v) is 5.18. The van der Waals surface area contributed by atoms with E-state index < -0.39 is 10.0 Å². The number of hydrogen-bond donors (Lipinski definition) is 2. The number of nitrogens with one attached hydrogen (secondary N) is 2. The van der Waals surface area contributed by atoms with Crippen molar-refractivity contribution in [2.24, 2.45) is 0 Å². The highest BCUT2D eigenvalue weighted by Gasteiger charge is 2.27. The van der Waals surface area contributed by atoms with Crippen LogP contribution in [0.5, 0.6) is 5.75 Å². The molecule has 0 unspecified atom stereocenters. The molecule has 1 aromatic carbocycles. The second-order valence-electron chi connectivity index (χ2n) is 4.23. The highest BCUT2D eigenvalue weighted by molar-refractivity contribution is 9.10. The maximum atomic E-state index is 12.4. The molecule has 0 radical (unpaired) electrons. The fraction of sp³-hybridized carbons (Fsp3) is 0.455. The SMILES string of the molecule is COc1c(Br)cc(Cl)cc1S(=O)(=O)N[C@@H]1CCNC1. The van der Waals surface area contributed by atoms with Crippen molar-refractivity contribution in [1.29, 1.82) is 0 Å². The van der Waals surface area contributed by atoms with Crippen LogP contribution in [0.3, 0.4) is 0 Å². The molecule has 0 bridgehead atoms. The molecule has 19 heavy (non-hydrogen) atoms. The maximum Gasteiger partial charge on any atom is 0.244 e. The zero-order valence-electron chi connectivity index (χ0n) is 10.2. The first-order valence-corrected chi connectivity index (χ1v) is 8.35. The number of benzene rings is 1. The van der Waals surface area contributed by atoms with Crippen LogP contribution >= 0.6 is 27.5 Å². The van der Waals surface area contributed by atoms with Gasteiger partial charge in [-0.25, -0.2) is 13.1 Å². The van der Waals surface area contributed by atoms with Crippen LogP contribution in [-0.2, 0) is 10.0 Å². The van der Waals surface area contributed by atoms with E-state index >= 15 is 0 Å². The van der Waals surface area contributed by atoms with Crippen molar-refractivity contribution in [2.45, 2.75) is 17.4 Å². The quantitative estimate of drug-likeness (QED) is 0.848. The molecular formula is C11H14BrClN2O3S. The Hall–Kier alpha value is -0.340. The Balaban J connectivity index is 2.38. The van der Waals surface area contributed by atoms with Crippen LogP contribution < -0.4 is 14.8 Å². The zero-order valence-corrected chi connectivity index (χ0v) is 13.4. The van der Waals surface area contributed by atoms with Crippen LogP contribution in [0.15, 0.2) is 21.5 Å². The number of hydrogen-bond acceptors (Lipinski definition) is 4. The van der Waals surface area contributed by atoms with E-state index in [2.05, 4.69) is 26.0 Å². The monoisotopic (exact) mass is 368 g/mol. The molecule has 2 N–H and O–H groups in total. The maximum absolute atomic E-state index is 12.4. The smallest absolute Gasteiger partial charge is 0.244 e. The van der Waals surface area contributed by atoms with Crippen molar-refractivity contribution in [2.75, 3.05) is 20.2 Å². The molecule has 0 spiro atoms. The second-order valence-corrected chi connectivity index (χ2v) is 7.20. The van der Waals surface area contributed by atoms with Gasteiger partial charge >= 0.3 is 0 Å². The zero-order chi connectivity index (χ0) is 14.0. The van der Waals surface area contributed by atoms with E-state index in [4.69, 9.17) is 16.3 Å². The van der Waals surface area contributed by atoms with Crippen LogP contribution in [0.2, 0.25) is 5.02 Å². The Morgan fingerprint density at radius 3 is 2.84 bits per heavy atom. The topological polar surface area (TPSA) is 67.4 Å². The minimum Gasteiger partial charge on any atom is -0.494 e. The van der Waals surface area contributed by atoms with E-state index in [1.54, 1.807) is 6.07 Å². The van der Waals surface area contributed by atoms with Crippen LogP contribution in [0.4, 0.5) is 0 Å². The highest BCUT2D eigenvalue weighted by atomic mass is 79.9. The molecule has 5 nitrogen and oxygen atoms in total. The summed E-state index contributed by atoms with van der Waals surface area (Å²) in [6.07, 6.45) is 0.767. The first-order valence-electron chi connectivity index (χ1n) is 5.70. The summed E-state index contributed by atoms with van der Waals surface area (Å²) in [6, 6.07) is 2.87. The van der Waals surface area contributed by atoms with Gasteiger partial charge in [-0.3, -0.25) is 0 Å². The summed E-state index contributed by atoms with van der Waals surface area (Å²) >= 11 is 9.16. The van der Waals surface area contributed by atoms with E-state index in [0.29, 0.717) is 16.0 Å². The molecule has 106 valence electrons. The molecule has 0 aliphatic carbocycles. The highest BCUT2D eigenvalue weighted by Crippen LogP contribution is 2.35. The van der Waals surface area contributed by atoms with Crippen molar-refractivity contribution < 1.29 is 13.2 Å². The third kappa shape index (κ3) is 3.41. The molecule has 1 aliphatic rings. The molecule has 0 amide bonds. The van der Waals surface area contributed by atoms with Gasteiger partial charge in [0.1, 0.15) is 4.90 Å². The van der Waals surface area contributed by atoms with Crippen molar-refractivity contribution in [3.8, 4) is 5.75 Å². The summed E-state index contributed by atoms with van der Waals surface area (Å²) in [5.74, 6) is 0.253. The lowest BCUT2D eigenvalue weighted by Gasteiger charge is -2.15. The Bertz CT molecular complexity index is 574. The summed E-state index contributed by atoms with van der Waals surface area (Å²) in [5, 5.41) is 3.44. The minimum absolute atomic E-state index is 0.0428. The van der Waals surface area contributed by atoms with E-state index in [1.165, 1.54) is 13.2 Å². The number of rotatable bonds is 4. The van der Waals surface area contributed by atoms with E-state index in [-0.39, 0.29) is 16.7 Å². The largest absolute Gasteiger partial charge is 0.494 e. The molecule has 1 aliphatic heterocycles. The van der Waals surface area contributed by atoms with Gasteiger partial charge in [0.05, 0.1) is 11.6 Å². The van der Waals surface area contributed by atoms with Gasteiger partial charge in [0.2, 0.25) is 10.0 Å². The average Bonchev–Trinajstić information content (AvgIpc) is 2.80. The Labute approximate surface area is 125 Å². The van der Waals surface area contributed by atoms with Gasteiger partial charge in [-0.05, 0) is 41.0 Å². The minimum atomic E-state index is -3.66. The Morgan fingerprint density at radius 2 is 2.26 bits per heavy atom. The van der Waals surface area contributed by atoms with Gasteiger partial charge in [0.15, 0.2) is 5.75 Å². The van der Waals surface area contributed by atoms with E-state index in [9.17, 15) is 8.42 Å². The molecule has 1 atom stereocenters. The van der Waals surface area contributed by atoms with Crippen LogP contribution in [0, 0.1) is 0 Å². The van der Waals surface area contributed by atoms with Gasteiger partial charge in [-0.15, -0.1) is 0 Å². The van der Waals surface area contributed by atoms with Crippen LogP contribution in [0.25, 0.3) is 0 Å². The van der Waals surface area contributed by atoms with E-state index in [1.807, 2.05) is 0 Å². The average molecular weight is 370 g/mol.